The predicted molar refractivity (Wildman–Crippen MR) is 69.1 cm³/mol. The number of hydrogen-bond acceptors (Lipinski definition) is 4. The number of rotatable bonds is 4. The third-order valence-corrected chi connectivity index (χ3v) is 2.61. The molecule has 1 heterocycles. The van der Waals surface area contributed by atoms with Crippen LogP contribution in [0.5, 0.6) is 0 Å². The molecule has 0 aliphatic heterocycles. The zero-order valence-corrected chi connectivity index (χ0v) is 10.5. The lowest BCUT2D eigenvalue weighted by Gasteiger charge is -2.07. The Balaban J connectivity index is 1.96. The van der Waals surface area contributed by atoms with Gasteiger partial charge in [0.2, 0.25) is 0 Å². The molecule has 1 N–H and O–H groups in total. The van der Waals surface area contributed by atoms with Crippen LogP contribution >= 0.6 is 0 Å². The van der Waals surface area contributed by atoms with Crippen LogP contribution < -0.4 is 5.32 Å². The molecule has 0 bridgehead atoms. The van der Waals surface area contributed by atoms with E-state index in [-0.39, 0.29) is 0 Å². The third-order valence-electron chi connectivity index (χ3n) is 2.61. The van der Waals surface area contributed by atoms with E-state index in [1.807, 2.05) is 32.2 Å². The summed E-state index contributed by atoms with van der Waals surface area (Å²) in [7, 11) is 1.84. The van der Waals surface area contributed by atoms with Crippen LogP contribution in [0.3, 0.4) is 0 Å². The van der Waals surface area contributed by atoms with E-state index in [1.54, 1.807) is 11.0 Å². The summed E-state index contributed by atoms with van der Waals surface area (Å²) in [6, 6.07) is 7.99. The Morgan fingerprint density at radius 1 is 1.44 bits per heavy atom. The van der Waals surface area contributed by atoms with Crippen LogP contribution in [-0.4, -0.2) is 21.3 Å². The van der Waals surface area contributed by atoms with Crippen LogP contribution in [0.15, 0.2) is 24.5 Å². The van der Waals surface area contributed by atoms with Gasteiger partial charge in [-0.2, -0.15) is 10.4 Å². The highest BCUT2D eigenvalue weighted by molar-refractivity contribution is 5.58. The number of nitrogens with zero attached hydrogens (tertiary/aromatic N) is 4. The lowest BCUT2D eigenvalue weighted by atomic mass is 10.1. The Labute approximate surface area is 106 Å². The molecule has 2 aromatic rings. The quantitative estimate of drug-likeness (QED) is 0.883. The van der Waals surface area contributed by atoms with E-state index >= 15 is 0 Å². The predicted octanol–water partition coefficient (Wildman–Crippen LogP) is 1.65. The lowest BCUT2D eigenvalue weighted by molar-refractivity contribution is 0.742. The fourth-order valence-corrected chi connectivity index (χ4v) is 1.71. The number of nitriles is 1. The molecule has 5 nitrogen and oxygen atoms in total. The number of anilines is 1. The Bertz CT molecular complexity index is 579. The molecule has 0 aliphatic rings. The average molecular weight is 241 g/mol. The molecule has 0 saturated carbocycles. The second kappa shape index (κ2) is 5.32. The van der Waals surface area contributed by atoms with Gasteiger partial charge in [-0.05, 0) is 24.6 Å². The van der Waals surface area contributed by atoms with Crippen molar-refractivity contribution in [3.63, 3.8) is 0 Å². The van der Waals surface area contributed by atoms with Crippen molar-refractivity contribution in [3.8, 4) is 6.07 Å². The van der Waals surface area contributed by atoms with Gasteiger partial charge in [-0.1, -0.05) is 6.07 Å². The summed E-state index contributed by atoms with van der Waals surface area (Å²) in [4.78, 5) is 4.15. The molecular weight excluding hydrogens is 226 g/mol. The average Bonchev–Trinajstić information content (AvgIpc) is 2.77. The molecule has 0 amide bonds. The minimum Gasteiger partial charge on any atom is -0.384 e. The zero-order valence-electron chi connectivity index (χ0n) is 10.5. The van der Waals surface area contributed by atoms with Crippen molar-refractivity contribution in [1.29, 1.82) is 5.26 Å². The topological polar surface area (TPSA) is 66.5 Å². The molecule has 0 radical (unpaired) electrons. The fourth-order valence-electron chi connectivity index (χ4n) is 1.71. The maximum absolute atomic E-state index is 9.04. The first-order chi connectivity index (χ1) is 8.69. The molecule has 0 atom stereocenters. The zero-order chi connectivity index (χ0) is 13.0. The van der Waals surface area contributed by atoms with Crippen LogP contribution in [0.1, 0.15) is 17.0 Å². The van der Waals surface area contributed by atoms with Crippen molar-refractivity contribution < 1.29 is 0 Å². The van der Waals surface area contributed by atoms with Crippen molar-refractivity contribution in [3.05, 3.63) is 41.5 Å². The molecule has 18 heavy (non-hydrogen) atoms. The van der Waals surface area contributed by atoms with Crippen LogP contribution in [-0.2, 0) is 13.5 Å². The molecule has 0 fully saturated rings. The number of hydrogen-bond donors (Lipinski definition) is 1. The second-order valence-electron chi connectivity index (χ2n) is 4.17. The molecule has 5 heteroatoms. The molecule has 92 valence electrons. The van der Waals surface area contributed by atoms with Crippen LogP contribution in [0.2, 0.25) is 0 Å². The van der Waals surface area contributed by atoms with E-state index in [0.717, 1.165) is 23.5 Å². The Kier molecular flexibility index (Phi) is 3.58. The maximum atomic E-state index is 9.04. The van der Waals surface area contributed by atoms with Gasteiger partial charge in [0.05, 0.1) is 11.3 Å². The van der Waals surface area contributed by atoms with E-state index in [4.69, 9.17) is 5.26 Å². The van der Waals surface area contributed by atoms with Gasteiger partial charge in [0.1, 0.15) is 12.4 Å². The number of aryl methyl sites for hydroxylation is 2. The van der Waals surface area contributed by atoms with Gasteiger partial charge >= 0.3 is 0 Å². The largest absolute Gasteiger partial charge is 0.384 e. The van der Waals surface area contributed by atoms with Crippen molar-refractivity contribution in [1.82, 2.24) is 14.8 Å². The Morgan fingerprint density at radius 3 is 2.94 bits per heavy atom. The highest BCUT2D eigenvalue weighted by Gasteiger charge is 2.03. The first-order valence-corrected chi connectivity index (χ1v) is 5.78. The summed E-state index contributed by atoms with van der Waals surface area (Å²) in [6.45, 7) is 2.68. The fraction of sp³-hybridized carbons (Fsp3) is 0.308. The van der Waals surface area contributed by atoms with Gasteiger partial charge in [-0.15, -0.1) is 0 Å². The first-order valence-electron chi connectivity index (χ1n) is 5.78. The van der Waals surface area contributed by atoms with E-state index in [1.165, 1.54) is 0 Å². The van der Waals surface area contributed by atoms with Crippen molar-refractivity contribution in [2.75, 3.05) is 11.9 Å². The second-order valence-corrected chi connectivity index (χ2v) is 4.17. The summed E-state index contributed by atoms with van der Waals surface area (Å²) in [5, 5.41) is 16.5. The third kappa shape index (κ3) is 2.86. The lowest BCUT2D eigenvalue weighted by Crippen LogP contribution is -2.07. The Morgan fingerprint density at radius 2 is 2.28 bits per heavy atom. The molecule has 0 saturated heterocycles. The van der Waals surface area contributed by atoms with E-state index in [2.05, 4.69) is 21.5 Å². The maximum Gasteiger partial charge on any atom is 0.152 e. The van der Waals surface area contributed by atoms with Gasteiger partial charge in [0.15, 0.2) is 5.82 Å². The van der Waals surface area contributed by atoms with E-state index < -0.39 is 0 Å². The van der Waals surface area contributed by atoms with Crippen LogP contribution in [0.25, 0.3) is 0 Å². The summed E-state index contributed by atoms with van der Waals surface area (Å²) >= 11 is 0. The summed E-state index contributed by atoms with van der Waals surface area (Å²) < 4.78 is 1.68. The summed E-state index contributed by atoms with van der Waals surface area (Å²) in [5.74, 6) is 0.801. The minimum atomic E-state index is 0.670. The number of benzene rings is 1. The standard InChI is InChI=1S/C13H15N5/c1-10-3-4-12(11(7-10)8-14)15-6-5-13-16-9-18(2)17-13/h3-4,7,9,15H,5-6H2,1-2H3. The molecular formula is C13H15N5. The van der Waals surface area contributed by atoms with Crippen molar-refractivity contribution in [2.24, 2.45) is 7.05 Å². The normalized spacial score (nSPS) is 10.1. The molecule has 0 unspecified atom stereocenters. The SMILES string of the molecule is Cc1ccc(NCCc2ncn(C)n2)c(C#N)c1. The monoisotopic (exact) mass is 241 g/mol. The molecule has 1 aromatic carbocycles. The Hall–Kier alpha value is -2.35. The van der Waals surface area contributed by atoms with Crippen molar-refractivity contribution in [2.45, 2.75) is 13.3 Å². The summed E-state index contributed by atoms with van der Waals surface area (Å²) in [6.07, 6.45) is 2.42. The van der Waals surface area contributed by atoms with E-state index in [9.17, 15) is 0 Å². The highest BCUT2D eigenvalue weighted by atomic mass is 15.3. The van der Waals surface area contributed by atoms with Crippen LogP contribution in [0.4, 0.5) is 5.69 Å². The molecule has 0 aliphatic carbocycles. The van der Waals surface area contributed by atoms with Gasteiger partial charge in [0.25, 0.3) is 0 Å². The number of nitrogens with one attached hydrogen (secondary N) is 1. The summed E-state index contributed by atoms with van der Waals surface area (Å²) in [5.41, 5.74) is 2.62. The van der Waals surface area contributed by atoms with Gasteiger partial charge in [0, 0.05) is 20.0 Å². The highest BCUT2D eigenvalue weighted by Crippen LogP contribution is 2.16. The van der Waals surface area contributed by atoms with Gasteiger partial charge in [-0.25, -0.2) is 4.98 Å². The smallest absolute Gasteiger partial charge is 0.152 e. The van der Waals surface area contributed by atoms with Gasteiger partial charge in [-0.3, -0.25) is 4.68 Å². The first kappa shape index (κ1) is 12.1. The molecule has 0 spiro atoms. The molecule has 1 aromatic heterocycles. The van der Waals surface area contributed by atoms with Gasteiger partial charge < -0.3 is 5.32 Å². The molecule has 2 rings (SSSR count). The number of aromatic nitrogens is 3. The minimum absolute atomic E-state index is 0.670. The van der Waals surface area contributed by atoms with E-state index in [0.29, 0.717) is 12.1 Å². The van der Waals surface area contributed by atoms with Crippen molar-refractivity contribution >= 4 is 5.69 Å². The van der Waals surface area contributed by atoms with Crippen LogP contribution in [0, 0.1) is 18.3 Å².